The van der Waals surface area contributed by atoms with Crippen LogP contribution in [-0.4, -0.2) is 39.8 Å². The molecule has 2 rings (SSSR count). The van der Waals surface area contributed by atoms with Gasteiger partial charge in [-0.3, -0.25) is 4.79 Å². The molecule has 0 saturated heterocycles. The number of nitrogens with one attached hydrogen (secondary N) is 2. The van der Waals surface area contributed by atoms with E-state index in [9.17, 15) is 4.79 Å². The fraction of sp³-hybridized carbons (Fsp3) is 0.429. The first-order chi connectivity index (χ1) is 9.61. The first-order valence-corrected chi connectivity index (χ1v) is 6.71. The van der Waals surface area contributed by atoms with Gasteiger partial charge in [0.15, 0.2) is 0 Å². The molecule has 0 unspecified atom stereocenters. The Morgan fingerprint density at radius 3 is 2.85 bits per heavy atom. The van der Waals surface area contributed by atoms with Gasteiger partial charge >= 0.3 is 0 Å². The molecule has 1 aromatic carbocycles. The molecule has 0 atom stereocenters. The van der Waals surface area contributed by atoms with E-state index < -0.39 is 0 Å². The topological polar surface area (TPSA) is 79.2 Å². The minimum atomic E-state index is -0.0600. The first-order valence-electron chi connectivity index (χ1n) is 6.71. The summed E-state index contributed by atoms with van der Waals surface area (Å²) in [6, 6.07) is 7.75. The molecule has 6 nitrogen and oxygen atoms in total. The Labute approximate surface area is 117 Å². The third-order valence-corrected chi connectivity index (χ3v) is 2.80. The van der Waals surface area contributed by atoms with E-state index in [1.807, 2.05) is 42.7 Å². The molecule has 6 heteroatoms. The maximum atomic E-state index is 12.0. The Bertz CT molecular complexity index is 592. The van der Waals surface area contributed by atoms with Gasteiger partial charge in [0, 0.05) is 12.6 Å². The Morgan fingerprint density at radius 2 is 2.15 bits per heavy atom. The minimum Gasteiger partial charge on any atom is -0.395 e. The number of aliphatic hydroxyl groups excluding tert-OH is 1. The summed E-state index contributed by atoms with van der Waals surface area (Å²) in [5.74, 6) is 0.536. The molecule has 0 bridgehead atoms. The monoisotopic (exact) mass is 276 g/mol. The van der Waals surface area contributed by atoms with Gasteiger partial charge in [0.25, 0.3) is 0 Å². The molecule has 0 spiro atoms. The standard InChI is InChI=1S/C14H20N4O2/c1-10(2)16-13(20)9-18-12-6-4-3-5-11(12)17-14(18)15-7-8-19/h3-6,10,19H,7-9H2,1-2H3,(H,15,17)(H,16,20). The van der Waals surface area contributed by atoms with Crippen LogP contribution >= 0.6 is 0 Å². The van der Waals surface area contributed by atoms with Crippen LogP contribution in [0.15, 0.2) is 24.3 Å². The van der Waals surface area contributed by atoms with Crippen LogP contribution in [0, 0.1) is 0 Å². The highest BCUT2D eigenvalue weighted by Crippen LogP contribution is 2.19. The van der Waals surface area contributed by atoms with Crippen LogP contribution in [0.25, 0.3) is 11.0 Å². The number of fused-ring (bicyclic) bond motifs is 1. The largest absolute Gasteiger partial charge is 0.395 e. The zero-order valence-electron chi connectivity index (χ0n) is 11.8. The molecule has 2 aromatic rings. The third kappa shape index (κ3) is 3.27. The van der Waals surface area contributed by atoms with Crippen molar-refractivity contribution in [2.24, 2.45) is 0 Å². The molecule has 0 aliphatic carbocycles. The molecule has 3 N–H and O–H groups in total. The number of rotatable bonds is 6. The van der Waals surface area contributed by atoms with E-state index in [1.165, 1.54) is 0 Å². The van der Waals surface area contributed by atoms with Gasteiger partial charge in [-0.25, -0.2) is 4.98 Å². The van der Waals surface area contributed by atoms with Crippen LogP contribution in [0.4, 0.5) is 5.95 Å². The second-order valence-electron chi connectivity index (χ2n) is 4.88. The highest BCUT2D eigenvalue weighted by Gasteiger charge is 2.13. The number of para-hydroxylation sites is 2. The summed E-state index contributed by atoms with van der Waals surface area (Å²) in [5.41, 5.74) is 1.72. The summed E-state index contributed by atoms with van der Waals surface area (Å²) in [6.07, 6.45) is 0. The third-order valence-electron chi connectivity index (χ3n) is 2.80. The highest BCUT2D eigenvalue weighted by molar-refractivity contribution is 5.83. The maximum Gasteiger partial charge on any atom is 0.240 e. The molecule has 0 radical (unpaired) electrons. The van der Waals surface area contributed by atoms with Gasteiger partial charge < -0.3 is 20.3 Å². The van der Waals surface area contributed by atoms with E-state index in [2.05, 4.69) is 15.6 Å². The van der Waals surface area contributed by atoms with Crippen LogP contribution in [-0.2, 0) is 11.3 Å². The van der Waals surface area contributed by atoms with Gasteiger partial charge in [-0.05, 0) is 26.0 Å². The number of aromatic nitrogens is 2. The van der Waals surface area contributed by atoms with E-state index in [1.54, 1.807) is 0 Å². The second-order valence-corrected chi connectivity index (χ2v) is 4.88. The summed E-state index contributed by atoms with van der Waals surface area (Å²) < 4.78 is 1.82. The summed E-state index contributed by atoms with van der Waals surface area (Å²) >= 11 is 0. The lowest BCUT2D eigenvalue weighted by molar-refractivity contribution is -0.122. The average molecular weight is 276 g/mol. The second kappa shape index (κ2) is 6.38. The number of carbonyl (C=O) groups excluding carboxylic acids is 1. The zero-order chi connectivity index (χ0) is 14.5. The van der Waals surface area contributed by atoms with Crippen molar-refractivity contribution in [2.75, 3.05) is 18.5 Å². The maximum absolute atomic E-state index is 12.0. The Morgan fingerprint density at radius 1 is 1.40 bits per heavy atom. The van der Waals surface area contributed by atoms with Crippen molar-refractivity contribution in [2.45, 2.75) is 26.4 Å². The number of hydrogen-bond donors (Lipinski definition) is 3. The van der Waals surface area contributed by atoms with Crippen molar-refractivity contribution >= 4 is 22.9 Å². The molecule has 0 fully saturated rings. The van der Waals surface area contributed by atoms with E-state index >= 15 is 0 Å². The predicted molar refractivity (Wildman–Crippen MR) is 78.6 cm³/mol. The number of hydrogen-bond acceptors (Lipinski definition) is 4. The van der Waals surface area contributed by atoms with E-state index in [-0.39, 0.29) is 25.1 Å². The lowest BCUT2D eigenvalue weighted by Gasteiger charge is -2.12. The van der Waals surface area contributed by atoms with Crippen molar-refractivity contribution in [3.8, 4) is 0 Å². The number of aliphatic hydroxyl groups is 1. The molecule has 0 aliphatic rings. The van der Waals surface area contributed by atoms with Crippen LogP contribution in [0.1, 0.15) is 13.8 Å². The lowest BCUT2D eigenvalue weighted by atomic mass is 10.3. The van der Waals surface area contributed by atoms with E-state index in [0.717, 1.165) is 11.0 Å². The normalized spacial score (nSPS) is 11.0. The quantitative estimate of drug-likeness (QED) is 0.734. The summed E-state index contributed by atoms with van der Waals surface area (Å²) in [5, 5.41) is 14.8. The Kier molecular flexibility index (Phi) is 4.57. The van der Waals surface area contributed by atoms with Gasteiger partial charge in [-0.15, -0.1) is 0 Å². The van der Waals surface area contributed by atoms with E-state index in [4.69, 9.17) is 5.11 Å². The van der Waals surface area contributed by atoms with Crippen LogP contribution < -0.4 is 10.6 Å². The van der Waals surface area contributed by atoms with Crippen LogP contribution in [0.2, 0.25) is 0 Å². The van der Waals surface area contributed by atoms with E-state index in [0.29, 0.717) is 12.5 Å². The smallest absolute Gasteiger partial charge is 0.240 e. The van der Waals surface area contributed by atoms with Crippen molar-refractivity contribution in [1.82, 2.24) is 14.9 Å². The van der Waals surface area contributed by atoms with Crippen molar-refractivity contribution < 1.29 is 9.90 Å². The number of imidazole rings is 1. The van der Waals surface area contributed by atoms with Gasteiger partial charge in [-0.2, -0.15) is 0 Å². The fourth-order valence-corrected chi connectivity index (χ4v) is 2.05. The average Bonchev–Trinajstić information content (AvgIpc) is 2.74. The fourth-order valence-electron chi connectivity index (χ4n) is 2.05. The van der Waals surface area contributed by atoms with Crippen LogP contribution in [0.3, 0.4) is 0 Å². The Balaban J connectivity index is 2.30. The van der Waals surface area contributed by atoms with Gasteiger partial charge in [-0.1, -0.05) is 12.1 Å². The zero-order valence-corrected chi connectivity index (χ0v) is 11.8. The van der Waals surface area contributed by atoms with Crippen molar-refractivity contribution in [3.63, 3.8) is 0 Å². The summed E-state index contributed by atoms with van der Waals surface area (Å²) in [4.78, 5) is 16.4. The molecule has 20 heavy (non-hydrogen) atoms. The molecular weight excluding hydrogens is 256 g/mol. The lowest BCUT2D eigenvalue weighted by Crippen LogP contribution is -2.33. The van der Waals surface area contributed by atoms with Crippen molar-refractivity contribution in [3.05, 3.63) is 24.3 Å². The number of carbonyl (C=O) groups is 1. The summed E-state index contributed by atoms with van der Waals surface area (Å²) in [7, 11) is 0. The van der Waals surface area contributed by atoms with Gasteiger partial charge in [0.2, 0.25) is 11.9 Å². The number of anilines is 1. The SMILES string of the molecule is CC(C)NC(=O)Cn1c(NCCO)nc2ccccc21. The first kappa shape index (κ1) is 14.3. The molecule has 0 aliphatic heterocycles. The van der Waals surface area contributed by atoms with Gasteiger partial charge in [0.05, 0.1) is 17.6 Å². The number of nitrogens with zero attached hydrogens (tertiary/aromatic N) is 2. The van der Waals surface area contributed by atoms with Gasteiger partial charge in [0.1, 0.15) is 6.54 Å². The minimum absolute atomic E-state index is 0.0153. The predicted octanol–water partition coefficient (Wildman–Crippen LogP) is 0.965. The molecule has 0 saturated carbocycles. The molecule has 1 amide bonds. The molecule has 1 heterocycles. The molecule has 1 aromatic heterocycles. The number of benzene rings is 1. The summed E-state index contributed by atoms with van der Waals surface area (Å²) in [6.45, 7) is 4.46. The highest BCUT2D eigenvalue weighted by atomic mass is 16.3. The van der Waals surface area contributed by atoms with Crippen molar-refractivity contribution in [1.29, 1.82) is 0 Å². The molecular formula is C14H20N4O2. The Hall–Kier alpha value is -2.08. The number of amides is 1. The van der Waals surface area contributed by atoms with Crippen LogP contribution in [0.5, 0.6) is 0 Å². The molecule has 108 valence electrons.